The molecular weight excluding hydrogens is 349 g/mol. The molecule has 0 bridgehead atoms. The Bertz CT molecular complexity index is 798. The molecule has 0 radical (unpaired) electrons. The lowest BCUT2D eigenvalue weighted by Crippen LogP contribution is -2.29. The Morgan fingerprint density at radius 1 is 1.19 bits per heavy atom. The standard InChI is InChI=1S/C21H22FNO4/c1-2-26-21(25)14-5-8-18(9-6-14)27-20-10-7-16(12-23-20)15-3-4-17(13-24)19(22)11-15/h3-4,7,10-14,18H,2,5-6,8-9H2,1H3/t14-,18+. The Balaban J connectivity index is 1.58. The number of halogens is 1. The molecule has 1 fully saturated rings. The Hall–Kier alpha value is -2.76. The molecule has 0 spiro atoms. The minimum atomic E-state index is -0.554. The van der Waals surface area contributed by atoms with Gasteiger partial charge in [-0.3, -0.25) is 9.59 Å². The van der Waals surface area contributed by atoms with E-state index in [1.54, 1.807) is 18.3 Å². The topological polar surface area (TPSA) is 65.5 Å². The summed E-state index contributed by atoms with van der Waals surface area (Å²) in [4.78, 5) is 26.8. The zero-order valence-corrected chi connectivity index (χ0v) is 15.2. The van der Waals surface area contributed by atoms with Gasteiger partial charge in [0.05, 0.1) is 18.1 Å². The van der Waals surface area contributed by atoms with Crippen molar-refractivity contribution in [3.8, 4) is 17.0 Å². The maximum absolute atomic E-state index is 13.8. The SMILES string of the molecule is CCOC(=O)[C@H]1CC[C@@H](Oc2ccc(-c3ccc(C=O)c(F)c3)cn2)CC1. The smallest absolute Gasteiger partial charge is 0.308 e. The lowest BCUT2D eigenvalue weighted by molar-refractivity contribution is -0.149. The van der Waals surface area contributed by atoms with Crippen LogP contribution in [0, 0.1) is 11.7 Å². The first-order chi connectivity index (χ1) is 13.1. The number of carbonyl (C=O) groups excluding carboxylic acids is 2. The molecule has 0 saturated heterocycles. The predicted octanol–water partition coefficient (Wildman–Crippen LogP) is 4.20. The third kappa shape index (κ3) is 4.70. The molecule has 0 amide bonds. The van der Waals surface area contributed by atoms with Crippen LogP contribution in [0.4, 0.5) is 4.39 Å². The van der Waals surface area contributed by atoms with E-state index < -0.39 is 5.82 Å². The minimum Gasteiger partial charge on any atom is -0.474 e. The molecule has 0 aliphatic heterocycles. The molecule has 142 valence electrons. The summed E-state index contributed by atoms with van der Waals surface area (Å²) >= 11 is 0. The van der Waals surface area contributed by atoms with Crippen molar-refractivity contribution in [3.05, 3.63) is 47.9 Å². The Morgan fingerprint density at radius 2 is 1.93 bits per heavy atom. The van der Waals surface area contributed by atoms with E-state index in [9.17, 15) is 14.0 Å². The van der Waals surface area contributed by atoms with Crippen molar-refractivity contribution in [2.24, 2.45) is 5.92 Å². The fourth-order valence-electron chi connectivity index (χ4n) is 3.27. The molecular formula is C21H22FNO4. The average molecular weight is 371 g/mol. The van der Waals surface area contributed by atoms with Crippen LogP contribution in [0.3, 0.4) is 0 Å². The van der Waals surface area contributed by atoms with Crippen LogP contribution in [-0.4, -0.2) is 30.0 Å². The summed E-state index contributed by atoms with van der Waals surface area (Å²) in [5, 5.41) is 0. The van der Waals surface area contributed by atoms with Gasteiger partial charge in [-0.25, -0.2) is 9.37 Å². The van der Waals surface area contributed by atoms with E-state index in [4.69, 9.17) is 9.47 Å². The second-order valence-corrected chi connectivity index (χ2v) is 6.58. The number of aromatic nitrogens is 1. The second-order valence-electron chi connectivity index (χ2n) is 6.58. The van der Waals surface area contributed by atoms with E-state index >= 15 is 0 Å². The second kappa shape index (κ2) is 8.75. The molecule has 0 N–H and O–H groups in total. The van der Waals surface area contributed by atoms with E-state index in [2.05, 4.69) is 4.98 Å². The molecule has 2 aromatic rings. The van der Waals surface area contributed by atoms with Crippen molar-refractivity contribution >= 4 is 12.3 Å². The third-order valence-electron chi connectivity index (χ3n) is 4.78. The normalized spacial score (nSPS) is 19.3. The Kier molecular flexibility index (Phi) is 6.16. The minimum absolute atomic E-state index is 0.0262. The van der Waals surface area contributed by atoms with E-state index in [0.717, 1.165) is 31.2 Å². The Labute approximate surface area is 157 Å². The average Bonchev–Trinajstić information content (AvgIpc) is 2.69. The van der Waals surface area contributed by atoms with Gasteiger partial charge in [0.25, 0.3) is 0 Å². The first kappa shape index (κ1) is 19.0. The highest BCUT2D eigenvalue weighted by Crippen LogP contribution is 2.29. The van der Waals surface area contributed by atoms with E-state index in [1.165, 1.54) is 12.1 Å². The monoisotopic (exact) mass is 371 g/mol. The quantitative estimate of drug-likeness (QED) is 0.562. The molecule has 0 unspecified atom stereocenters. The first-order valence-electron chi connectivity index (χ1n) is 9.15. The van der Waals surface area contributed by atoms with Gasteiger partial charge in [0, 0.05) is 17.8 Å². The van der Waals surface area contributed by atoms with Gasteiger partial charge in [-0.05, 0) is 56.4 Å². The van der Waals surface area contributed by atoms with Crippen LogP contribution in [-0.2, 0) is 9.53 Å². The maximum atomic E-state index is 13.8. The van der Waals surface area contributed by atoms with Crippen molar-refractivity contribution in [2.75, 3.05) is 6.61 Å². The summed E-state index contributed by atoms with van der Waals surface area (Å²) in [6.07, 6.45) is 5.21. The number of ether oxygens (including phenoxy) is 2. The fourth-order valence-corrected chi connectivity index (χ4v) is 3.27. The van der Waals surface area contributed by atoms with Crippen molar-refractivity contribution < 1.29 is 23.5 Å². The highest BCUT2D eigenvalue weighted by Gasteiger charge is 2.28. The number of carbonyl (C=O) groups is 2. The summed E-state index contributed by atoms with van der Waals surface area (Å²) < 4.78 is 24.7. The Morgan fingerprint density at radius 3 is 2.52 bits per heavy atom. The van der Waals surface area contributed by atoms with Crippen molar-refractivity contribution in [2.45, 2.75) is 38.7 Å². The first-order valence-corrected chi connectivity index (χ1v) is 9.15. The van der Waals surface area contributed by atoms with Gasteiger partial charge in [0.1, 0.15) is 11.9 Å². The molecule has 1 saturated carbocycles. The van der Waals surface area contributed by atoms with Crippen LogP contribution < -0.4 is 4.74 Å². The molecule has 1 aromatic heterocycles. The summed E-state index contributed by atoms with van der Waals surface area (Å²) in [6, 6.07) is 8.00. The van der Waals surface area contributed by atoms with Gasteiger partial charge < -0.3 is 9.47 Å². The number of benzene rings is 1. The van der Waals surface area contributed by atoms with E-state index in [-0.39, 0.29) is 23.6 Å². The summed E-state index contributed by atoms with van der Waals surface area (Å²) in [7, 11) is 0. The van der Waals surface area contributed by atoms with Crippen molar-refractivity contribution in [3.63, 3.8) is 0 Å². The number of aldehydes is 1. The molecule has 0 atom stereocenters. The lowest BCUT2D eigenvalue weighted by Gasteiger charge is -2.27. The van der Waals surface area contributed by atoms with Gasteiger partial charge in [0.2, 0.25) is 5.88 Å². The molecule has 27 heavy (non-hydrogen) atoms. The summed E-state index contributed by atoms with van der Waals surface area (Å²) in [5.41, 5.74) is 1.42. The summed E-state index contributed by atoms with van der Waals surface area (Å²) in [5.74, 6) is -0.208. The van der Waals surface area contributed by atoms with Crippen LogP contribution >= 0.6 is 0 Å². The largest absolute Gasteiger partial charge is 0.474 e. The van der Waals surface area contributed by atoms with Gasteiger partial charge in [0.15, 0.2) is 6.29 Å². The van der Waals surface area contributed by atoms with Crippen LogP contribution in [0.2, 0.25) is 0 Å². The van der Waals surface area contributed by atoms with Crippen LogP contribution in [0.25, 0.3) is 11.1 Å². The number of hydrogen-bond acceptors (Lipinski definition) is 5. The molecule has 1 aliphatic carbocycles. The van der Waals surface area contributed by atoms with E-state index in [1.807, 2.05) is 13.0 Å². The van der Waals surface area contributed by atoms with Crippen LogP contribution in [0.15, 0.2) is 36.5 Å². The fraction of sp³-hybridized carbons (Fsp3) is 0.381. The molecule has 5 nitrogen and oxygen atoms in total. The van der Waals surface area contributed by atoms with Crippen molar-refractivity contribution in [1.82, 2.24) is 4.98 Å². The number of rotatable bonds is 6. The van der Waals surface area contributed by atoms with Gasteiger partial charge in [-0.1, -0.05) is 6.07 Å². The van der Waals surface area contributed by atoms with Gasteiger partial charge >= 0.3 is 5.97 Å². The van der Waals surface area contributed by atoms with Crippen LogP contribution in [0.1, 0.15) is 43.0 Å². The molecule has 6 heteroatoms. The zero-order chi connectivity index (χ0) is 19.2. The number of pyridine rings is 1. The molecule has 1 aliphatic rings. The third-order valence-corrected chi connectivity index (χ3v) is 4.78. The highest BCUT2D eigenvalue weighted by molar-refractivity contribution is 5.77. The van der Waals surface area contributed by atoms with Gasteiger partial charge in [-0.2, -0.15) is 0 Å². The van der Waals surface area contributed by atoms with Crippen LogP contribution in [0.5, 0.6) is 5.88 Å². The number of hydrogen-bond donors (Lipinski definition) is 0. The van der Waals surface area contributed by atoms with E-state index in [0.29, 0.717) is 24.3 Å². The van der Waals surface area contributed by atoms with Crippen molar-refractivity contribution in [1.29, 1.82) is 0 Å². The highest BCUT2D eigenvalue weighted by atomic mass is 19.1. The number of esters is 1. The summed E-state index contributed by atoms with van der Waals surface area (Å²) in [6.45, 7) is 2.22. The van der Waals surface area contributed by atoms with Gasteiger partial charge in [-0.15, -0.1) is 0 Å². The lowest BCUT2D eigenvalue weighted by atomic mass is 9.87. The number of nitrogens with zero attached hydrogens (tertiary/aromatic N) is 1. The molecule has 1 aromatic carbocycles. The maximum Gasteiger partial charge on any atom is 0.308 e. The predicted molar refractivity (Wildman–Crippen MR) is 98.0 cm³/mol. The molecule has 1 heterocycles. The molecule has 3 rings (SSSR count). The zero-order valence-electron chi connectivity index (χ0n) is 15.2.